The zero-order valence-electron chi connectivity index (χ0n) is 11.6. The van der Waals surface area contributed by atoms with Gasteiger partial charge >= 0.3 is 0 Å². The molecule has 0 amide bonds. The molecule has 2 heteroatoms. The van der Waals surface area contributed by atoms with Crippen LogP contribution in [0.25, 0.3) is 0 Å². The van der Waals surface area contributed by atoms with Crippen LogP contribution in [0.3, 0.4) is 0 Å². The Bertz CT molecular complexity index is 494. The maximum absolute atomic E-state index is 5.67. The highest BCUT2D eigenvalue weighted by atomic mass is 16.5. The first-order chi connectivity index (χ1) is 9.27. The van der Waals surface area contributed by atoms with E-state index in [9.17, 15) is 0 Å². The molecule has 2 rings (SSSR count). The number of nitrogens with one attached hydrogen (secondary N) is 1. The number of anilines is 1. The molecule has 0 heterocycles. The lowest BCUT2D eigenvalue weighted by molar-refractivity contribution is 0.333. The summed E-state index contributed by atoms with van der Waals surface area (Å²) in [6, 6.07) is 18.3. The van der Waals surface area contributed by atoms with Crippen LogP contribution in [0.15, 0.2) is 54.6 Å². The van der Waals surface area contributed by atoms with Crippen molar-refractivity contribution in [2.45, 2.75) is 19.8 Å². The van der Waals surface area contributed by atoms with Crippen molar-refractivity contribution >= 4 is 5.69 Å². The highest BCUT2D eigenvalue weighted by Crippen LogP contribution is 2.23. The minimum absolute atomic E-state index is 0.527. The van der Waals surface area contributed by atoms with Gasteiger partial charge in [-0.1, -0.05) is 50.2 Å². The van der Waals surface area contributed by atoms with E-state index in [4.69, 9.17) is 4.74 Å². The monoisotopic (exact) mass is 255 g/mol. The third-order valence-electron chi connectivity index (χ3n) is 3.01. The molecule has 2 nitrogen and oxygen atoms in total. The Balaban J connectivity index is 1.83. The molecule has 0 saturated carbocycles. The number of hydrogen-bond acceptors (Lipinski definition) is 2. The fraction of sp³-hybridized carbons (Fsp3) is 0.294. The first-order valence-electron chi connectivity index (χ1n) is 6.78. The minimum atomic E-state index is 0.527. The van der Waals surface area contributed by atoms with Crippen molar-refractivity contribution in [1.29, 1.82) is 0 Å². The Labute approximate surface area is 115 Å². The van der Waals surface area contributed by atoms with Gasteiger partial charge in [-0.2, -0.15) is 0 Å². The Morgan fingerprint density at radius 1 is 0.947 bits per heavy atom. The highest BCUT2D eigenvalue weighted by Gasteiger charge is 2.04. The summed E-state index contributed by atoms with van der Waals surface area (Å²) in [7, 11) is 0. The Morgan fingerprint density at radius 3 is 2.37 bits per heavy atom. The molecule has 2 aromatic rings. The minimum Gasteiger partial charge on any atom is -0.492 e. The molecule has 0 aliphatic rings. The summed E-state index contributed by atoms with van der Waals surface area (Å²) in [5.74, 6) is 1.44. The van der Waals surface area contributed by atoms with Crippen LogP contribution in [0, 0.1) is 0 Å². The van der Waals surface area contributed by atoms with Crippen molar-refractivity contribution in [1.82, 2.24) is 0 Å². The van der Waals surface area contributed by atoms with Crippen LogP contribution in [-0.4, -0.2) is 13.2 Å². The Kier molecular flexibility index (Phi) is 4.85. The van der Waals surface area contributed by atoms with Crippen LogP contribution >= 0.6 is 0 Å². The maximum Gasteiger partial charge on any atom is 0.119 e. The quantitative estimate of drug-likeness (QED) is 0.777. The van der Waals surface area contributed by atoms with Gasteiger partial charge in [0, 0.05) is 12.2 Å². The summed E-state index contributed by atoms with van der Waals surface area (Å²) in [4.78, 5) is 0. The van der Waals surface area contributed by atoms with Crippen LogP contribution in [0.4, 0.5) is 5.69 Å². The van der Waals surface area contributed by atoms with E-state index in [-0.39, 0.29) is 0 Å². The molecule has 0 saturated heterocycles. The zero-order chi connectivity index (χ0) is 13.5. The highest BCUT2D eigenvalue weighted by molar-refractivity contribution is 5.52. The number of ether oxygens (including phenoxy) is 1. The summed E-state index contributed by atoms with van der Waals surface area (Å²) in [5, 5.41) is 3.44. The van der Waals surface area contributed by atoms with Gasteiger partial charge in [0.15, 0.2) is 0 Å². The predicted molar refractivity (Wildman–Crippen MR) is 81.0 cm³/mol. The largest absolute Gasteiger partial charge is 0.492 e. The molecule has 0 aliphatic heterocycles. The maximum atomic E-state index is 5.67. The first kappa shape index (κ1) is 13.5. The zero-order valence-corrected chi connectivity index (χ0v) is 11.6. The molecular weight excluding hydrogens is 234 g/mol. The molecule has 19 heavy (non-hydrogen) atoms. The Hall–Kier alpha value is -1.96. The van der Waals surface area contributed by atoms with Gasteiger partial charge in [-0.15, -0.1) is 0 Å². The van der Waals surface area contributed by atoms with E-state index in [1.807, 2.05) is 30.3 Å². The molecule has 0 radical (unpaired) electrons. The topological polar surface area (TPSA) is 21.3 Å². The summed E-state index contributed by atoms with van der Waals surface area (Å²) in [6.45, 7) is 5.89. The van der Waals surface area contributed by atoms with E-state index >= 15 is 0 Å². The molecule has 1 N–H and O–H groups in total. The lowest BCUT2D eigenvalue weighted by Gasteiger charge is -2.14. The van der Waals surface area contributed by atoms with Gasteiger partial charge < -0.3 is 10.1 Å². The van der Waals surface area contributed by atoms with E-state index in [1.54, 1.807) is 0 Å². The average Bonchev–Trinajstić information content (AvgIpc) is 2.45. The lowest BCUT2D eigenvalue weighted by Crippen LogP contribution is -2.12. The standard InChI is InChI=1S/C17H21NO/c1-14(2)16-10-6-7-11-17(16)18-12-13-19-15-8-4-3-5-9-15/h3-11,14,18H,12-13H2,1-2H3. The molecule has 0 aliphatic carbocycles. The molecule has 0 bridgehead atoms. The van der Waals surface area contributed by atoms with Gasteiger partial charge in [-0.05, 0) is 29.7 Å². The lowest BCUT2D eigenvalue weighted by atomic mass is 10.0. The van der Waals surface area contributed by atoms with Crippen LogP contribution in [0.2, 0.25) is 0 Å². The van der Waals surface area contributed by atoms with E-state index in [1.165, 1.54) is 11.3 Å². The molecule has 2 aromatic carbocycles. The number of rotatable bonds is 6. The van der Waals surface area contributed by atoms with Gasteiger partial charge in [0.1, 0.15) is 12.4 Å². The van der Waals surface area contributed by atoms with Gasteiger partial charge in [-0.25, -0.2) is 0 Å². The van der Waals surface area contributed by atoms with Gasteiger partial charge in [-0.3, -0.25) is 0 Å². The molecule has 0 fully saturated rings. The molecule has 100 valence electrons. The summed E-state index contributed by atoms with van der Waals surface area (Å²) in [5.41, 5.74) is 2.55. The van der Waals surface area contributed by atoms with Crippen molar-refractivity contribution in [2.75, 3.05) is 18.5 Å². The summed E-state index contributed by atoms with van der Waals surface area (Å²) in [6.07, 6.45) is 0. The second-order valence-electron chi connectivity index (χ2n) is 4.83. The van der Waals surface area contributed by atoms with Crippen molar-refractivity contribution < 1.29 is 4.74 Å². The van der Waals surface area contributed by atoms with Crippen LogP contribution in [0.1, 0.15) is 25.3 Å². The van der Waals surface area contributed by atoms with Crippen LogP contribution < -0.4 is 10.1 Å². The molecular formula is C17H21NO. The van der Waals surface area contributed by atoms with Crippen molar-refractivity contribution in [3.8, 4) is 5.75 Å². The predicted octanol–water partition coefficient (Wildman–Crippen LogP) is 4.30. The van der Waals surface area contributed by atoms with Crippen LogP contribution in [-0.2, 0) is 0 Å². The van der Waals surface area contributed by atoms with E-state index in [0.717, 1.165) is 12.3 Å². The second kappa shape index (κ2) is 6.83. The van der Waals surface area contributed by atoms with Crippen molar-refractivity contribution in [3.63, 3.8) is 0 Å². The average molecular weight is 255 g/mol. The third-order valence-corrected chi connectivity index (χ3v) is 3.01. The molecule has 0 unspecified atom stereocenters. The first-order valence-corrected chi connectivity index (χ1v) is 6.78. The molecule has 0 spiro atoms. The van der Waals surface area contributed by atoms with Crippen molar-refractivity contribution in [3.05, 3.63) is 60.2 Å². The fourth-order valence-corrected chi connectivity index (χ4v) is 2.03. The van der Waals surface area contributed by atoms with Crippen LogP contribution in [0.5, 0.6) is 5.75 Å². The van der Waals surface area contributed by atoms with E-state index < -0.39 is 0 Å². The normalized spacial score (nSPS) is 10.5. The summed E-state index contributed by atoms with van der Waals surface area (Å²) >= 11 is 0. The number of hydrogen-bond donors (Lipinski definition) is 1. The van der Waals surface area contributed by atoms with E-state index in [0.29, 0.717) is 12.5 Å². The van der Waals surface area contributed by atoms with Gasteiger partial charge in [0.2, 0.25) is 0 Å². The summed E-state index contributed by atoms with van der Waals surface area (Å²) < 4.78 is 5.67. The fourth-order valence-electron chi connectivity index (χ4n) is 2.03. The second-order valence-corrected chi connectivity index (χ2v) is 4.83. The third kappa shape index (κ3) is 4.02. The molecule has 0 aromatic heterocycles. The Morgan fingerprint density at radius 2 is 1.63 bits per heavy atom. The SMILES string of the molecule is CC(C)c1ccccc1NCCOc1ccccc1. The van der Waals surface area contributed by atoms with E-state index in [2.05, 4.69) is 43.4 Å². The number of benzene rings is 2. The number of para-hydroxylation sites is 2. The van der Waals surface area contributed by atoms with Gasteiger partial charge in [0.05, 0.1) is 0 Å². The molecule has 0 atom stereocenters. The van der Waals surface area contributed by atoms with Crippen molar-refractivity contribution in [2.24, 2.45) is 0 Å². The van der Waals surface area contributed by atoms with Gasteiger partial charge in [0.25, 0.3) is 0 Å². The smallest absolute Gasteiger partial charge is 0.119 e.